The van der Waals surface area contributed by atoms with Gasteiger partial charge in [-0.1, -0.05) is 19.4 Å². The number of carbonyl (C=O) groups is 2. The summed E-state index contributed by atoms with van der Waals surface area (Å²) in [4.78, 5) is 28.8. The van der Waals surface area contributed by atoms with Crippen LogP contribution in [0.5, 0.6) is 5.75 Å². The van der Waals surface area contributed by atoms with Crippen LogP contribution in [-0.4, -0.2) is 60.4 Å². The minimum Gasteiger partial charge on any atom is -0.496 e. The van der Waals surface area contributed by atoms with Gasteiger partial charge in [-0.25, -0.2) is 0 Å². The second-order valence-electron chi connectivity index (χ2n) is 6.94. The Morgan fingerprint density at radius 1 is 1.19 bits per heavy atom. The number of nitrogens with two attached hydrogens (primary N) is 1. The Kier molecular flexibility index (Phi) is 7.90. The molecule has 6 nitrogen and oxygen atoms in total. The van der Waals surface area contributed by atoms with E-state index >= 15 is 0 Å². The molecule has 2 N–H and O–H groups in total. The van der Waals surface area contributed by atoms with Crippen molar-refractivity contribution in [2.24, 2.45) is 5.73 Å². The van der Waals surface area contributed by atoms with Crippen molar-refractivity contribution >= 4 is 24.2 Å². The molecule has 0 radical (unpaired) electrons. The number of carbonyl (C=O) groups excluding carboxylic acids is 2. The van der Waals surface area contributed by atoms with Crippen LogP contribution < -0.4 is 10.5 Å². The molecule has 26 heavy (non-hydrogen) atoms. The van der Waals surface area contributed by atoms with Crippen LogP contribution in [0, 0.1) is 6.92 Å². The Bertz CT molecular complexity index is 641. The van der Waals surface area contributed by atoms with E-state index in [0.717, 1.165) is 12.0 Å². The molecule has 0 saturated carbocycles. The highest BCUT2D eigenvalue weighted by molar-refractivity contribution is 5.95. The first-order valence-corrected chi connectivity index (χ1v) is 8.82. The molecule has 1 unspecified atom stereocenters. The number of nitrogens with zero attached hydrogens (tertiary/aromatic N) is 2. The van der Waals surface area contributed by atoms with Gasteiger partial charge in [0.15, 0.2) is 0 Å². The standard InChI is InChI=1S/C19H29N3O3.ClH/c1-5-8-19(3,20)18(24)22-11-9-21(10-12-22)17(23)15-7-6-14(2)16(13-15)25-4;/h6-7,13H,5,8-12,20H2,1-4H3;1H. The van der Waals surface area contributed by atoms with E-state index < -0.39 is 5.54 Å². The summed E-state index contributed by atoms with van der Waals surface area (Å²) in [6, 6.07) is 5.47. The summed E-state index contributed by atoms with van der Waals surface area (Å²) in [7, 11) is 1.60. The third-order valence-corrected chi connectivity index (χ3v) is 4.77. The van der Waals surface area contributed by atoms with Crippen molar-refractivity contribution in [2.45, 2.75) is 39.2 Å². The highest BCUT2D eigenvalue weighted by Gasteiger charge is 2.34. The monoisotopic (exact) mass is 383 g/mol. The van der Waals surface area contributed by atoms with Gasteiger partial charge in [-0.3, -0.25) is 9.59 Å². The molecule has 0 aromatic heterocycles. The summed E-state index contributed by atoms with van der Waals surface area (Å²) in [6.07, 6.45) is 1.53. The van der Waals surface area contributed by atoms with Crippen LogP contribution in [-0.2, 0) is 4.79 Å². The first kappa shape index (κ1) is 22.3. The molecule has 1 fully saturated rings. The van der Waals surface area contributed by atoms with Crippen LogP contribution in [0.2, 0.25) is 0 Å². The number of benzene rings is 1. The average molecular weight is 384 g/mol. The average Bonchev–Trinajstić information content (AvgIpc) is 2.61. The Labute approximate surface area is 162 Å². The number of methoxy groups -OCH3 is 1. The Morgan fingerprint density at radius 2 is 1.77 bits per heavy atom. The van der Waals surface area contributed by atoms with Gasteiger partial charge in [-0.2, -0.15) is 0 Å². The highest BCUT2D eigenvalue weighted by Crippen LogP contribution is 2.21. The first-order chi connectivity index (χ1) is 11.8. The molecule has 1 aliphatic heterocycles. The van der Waals surface area contributed by atoms with Crippen LogP contribution >= 0.6 is 12.4 Å². The molecule has 0 spiro atoms. The topological polar surface area (TPSA) is 75.9 Å². The van der Waals surface area contributed by atoms with E-state index in [0.29, 0.717) is 43.9 Å². The number of piperazine rings is 1. The summed E-state index contributed by atoms with van der Waals surface area (Å²) in [5, 5.41) is 0. The summed E-state index contributed by atoms with van der Waals surface area (Å²) < 4.78 is 5.29. The number of ether oxygens (including phenoxy) is 1. The minimum absolute atomic E-state index is 0. The van der Waals surface area contributed by atoms with Gasteiger partial charge < -0.3 is 20.3 Å². The fourth-order valence-electron chi connectivity index (χ4n) is 3.24. The van der Waals surface area contributed by atoms with Crippen LogP contribution in [0.4, 0.5) is 0 Å². The summed E-state index contributed by atoms with van der Waals surface area (Å²) in [5.41, 5.74) is 6.92. The second kappa shape index (κ2) is 9.24. The fourth-order valence-corrected chi connectivity index (χ4v) is 3.24. The molecule has 0 bridgehead atoms. The van der Waals surface area contributed by atoms with E-state index in [1.807, 2.05) is 26.0 Å². The Balaban J connectivity index is 0.00000338. The molecule has 1 aromatic carbocycles. The number of hydrogen-bond acceptors (Lipinski definition) is 4. The zero-order valence-corrected chi connectivity index (χ0v) is 16.9. The van der Waals surface area contributed by atoms with E-state index in [-0.39, 0.29) is 24.2 Å². The number of aryl methyl sites for hydroxylation is 1. The lowest BCUT2D eigenvalue weighted by Gasteiger charge is -2.38. The lowest BCUT2D eigenvalue weighted by Crippen LogP contribution is -2.58. The predicted molar refractivity (Wildman–Crippen MR) is 105 cm³/mol. The third kappa shape index (κ3) is 4.89. The third-order valence-electron chi connectivity index (χ3n) is 4.77. The molecule has 0 aliphatic carbocycles. The van der Waals surface area contributed by atoms with Gasteiger partial charge in [-0.05, 0) is 38.0 Å². The van der Waals surface area contributed by atoms with Crippen LogP contribution in [0.25, 0.3) is 0 Å². The van der Waals surface area contributed by atoms with Crippen molar-refractivity contribution in [3.63, 3.8) is 0 Å². The van der Waals surface area contributed by atoms with Gasteiger partial charge in [0.25, 0.3) is 5.91 Å². The van der Waals surface area contributed by atoms with Crippen LogP contribution in [0.15, 0.2) is 18.2 Å². The van der Waals surface area contributed by atoms with Gasteiger partial charge in [0, 0.05) is 31.7 Å². The Morgan fingerprint density at radius 3 is 2.31 bits per heavy atom. The summed E-state index contributed by atoms with van der Waals surface area (Å²) >= 11 is 0. The molecule has 146 valence electrons. The van der Waals surface area contributed by atoms with Gasteiger partial charge in [-0.15, -0.1) is 12.4 Å². The molecular formula is C19H30ClN3O3. The molecule has 1 saturated heterocycles. The number of hydrogen-bond donors (Lipinski definition) is 1. The largest absolute Gasteiger partial charge is 0.496 e. The fraction of sp³-hybridized carbons (Fsp3) is 0.579. The van der Waals surface area contributed by atoms with Crippen LogP contribution in [0.1, 0.15) is 42.6 Å². The van der Waals surface area contributed by atoms with E-state index in [1.54, 1.807) is 29.9 Å². The van der Waals surface area contributed by atoms with E-state index in [1.165, 1.54) is 0 Å². The van der Waals surface area contributed by atoms with Crippen molar-refractivity contribution in [1.29, 1.82) is 0 Å². The zero-order valence-electron chi connectivity index (χ0n) is 16.1. The number of halogens is 1. The highest BCUT2D eigenvalue weighted by atomic mass is 35.5. The molecule has 2 rings (SSSR count). The maximum absolute atomic E-state index is 12.7. The maximum atomic E-state index is 12.7. The second-order valence-corrected chi connectivity index (χ2v) is 6.94. The lowest BCUT2D eigenvalue weighted by atomic mass is 9.95. The lowest BCUT2D eigenvalue weighted by molar-refractivity contribution is -0.138. The number of amides is 2. The van der Waals surface area contributed by atoms with Gasteiger partial charge in [0.1, 0.15) is 5.75 Å². The molecule has 2 amide bonds. The van der Waals surface area contributed by atoms with E-state index in [2.05, 4.69) is 0 Å². The SMILES string of the molecule is CCCC(C)(N)C(=O)N1CCN(C(=O)c2ccc(C)c(OC)c2)CC1.Cl. The number of rotatable bonds is 5. The maximum Gasteiger partial charge on any atom is 0.254 e. The van der Waals surface area contributed by atoms with Gasteiger partial charge in [0.05, 0.1) is 12.6 Å². The quantitative estimate of drug-likeness (QED) is 0.845. The molecule has 1 aromatic rings. The van der Waals surface area contributed by atoms with Crippen molar-refractivity contribution in [1.82, 2.24) is 9.80 Å². The zero-order chi connectivity index (χ0) is 18.6. The van der Waals surface area contributed by atoms with E-state index in [9.17, 15) is 9.59 Å². The minimum atomic E-state index is -0.828. The van der Waals surface area contributed by atoms with Crippen molar-refractivity contribution in [2.75, 3.05) is 33.3 Å². The molecule has 7 heteroatoms. The normalized spacial score (nSPS) is 16.5. The smallest absolute Gasteiger partial charge is 0.254 e. The summed E-state index contributed by atoms with van der Waals surface area (Å²) in [6.45, 7) is 7.82. The molecule has 1 aliphatic rings. The van der Waals surface area contributed by atoms with Crippen molar-refractivity contribution in [3.8, 4) is 5.75 Å². The first-order valence-electron chi connectivity index (χ1n) is 8.82. The van der Waals surface area contributed by atoms with Crippen molar-refractivity contribution in [3.05, 3.63) is 29.3 Å². The molecule has 1 heterocycles. The molecule has 1 atom stereocenters. The predicted octanol–water partition coefficient (Wildman–Crippen LogP) is 2.23. The Hall–Kier alpha value is -1.79. The van der Waals surface area contributed by atoms with Gasteiger partial charge in [0.2, 0.25) is 5.91 Å². The van der Waals surface area contributed by atoms with Crippen LogP contribution in [0.3, 0.4) is 0 Å². The van der Waals surface area contributed by atoms with E-state index in [4.69, 9.17) is 10.5 Å². The molecular weight excluding hydrogens is 354 g/mol. The summed E-state index contributed by atoms with van der Waals surface area (Å²) in [5.74, 6) is 0.644. The van der Waals surface area contributed by atoms with Gasteiger partial charge >= 0.3 is 0 Å². The van der Waals surface area contributed by atoms with Crippen molar-refractivity contribution < 1.29 is 14.3 Å².